The van der Waals surface area contributed by atoms with Crippen LogP contribution in [0.2, 0.25) is 5.02 Å². The maximum atomic E-state index is 13.0. The number of thioether (sulfide) groups is 1. The molecule has 27 heavy (non-hydrogen) atoms. The summed E-state index contributed by atoms with van der Waals surface area (Å²) in [6.45, 7) is -0.809. The molecule has 1 saturated heterocycles. The highest BCUT2D eigenvalue weighted by molar-refractivity contribution is 7.98. The highest BCUT2D eigenvalue weighted by Crippen LogP contribution is 2.33. The van der Waals surface area contributed by atoms with Crippen molar-refractivity contribution in [1.29, 1.82) is 0 Å². The Morgan fingerprint density at radius 2 is 1.93 bits per heavy atom. The summed E-state index contributed by atoms with van der Waals surface area (Å²) in [6, 6.07) is 7.46. The molecular weight excluding hydrogens is 394 g/mol. The van der Waals surface area contributed by atoms with E-state index in [-0.39, 0.29) is 11.6 Å². The van der Waals surface area contributed by atoms with Crippen molar-refractivity contribution in [2.24, 2.45) is 0 Å². The highest BCUT2D eigenvalue weighted by Gasteiger charge is 2.24. The molecule has 0 saturated carbocycles. The summed E-state index contributed by atoms with van der Waals surface area (Å²) in [7, 11) is 0. The van der Waals surface area contributed by atoms with Crippen molar-refractivity contribution in [2.45, 2.75) is 30.3 Å². The number of hydrogen-bond donors (Lipinski definition) is 0. The lowest BCUT2D eigenvalue weighted by Gasteiger charge is -2.19. The lowest BCUT2D eigenvalue weighted by Crippen LogP contribution is -2.22. The number of anilines is 1. The van der Waals surface area contributed by atoms with Gasteiger partial charge in [-0.3, -0.25) is 9.13 Å². The molecule has 2 aromatic heterocycles. The number of halogens is 3. The molecule has 1 aliphatic heterocycles. The van der Waals surface area contributed by atoms with Gasteiger partial charge in [0, 0.05) is 25.5 Å². The van der Waals surface area contributed by atoms with Crippen molar-refractivity contribution in [3.8, 4) is 5.69 Å². The lowest BCUT2D eigenvalue weighted by atomic mass is 10.3. The van der Waals surface area contributed by atoms with Crippen LogP contribution in [0.1, 0.15) is 25.2 Å². The Hall–Kier alpha value is -2.13. The minimum absolute atomic E-state index is 0.250. The molecule has 6 nitrogen and oxygen atoms in total. The zero-order valence-corrected chi connectivity index (χ0v) is 15.9. The van der Waals surface area contributed by atoms with Crippen molar-refractivity contribution in [1.82, 2.24) is 24.3 Å². The van der Waals surface area contributed by atoms with E-state index in [9.17, 15) is 8.78 Å². The first-order valence-corrected chi connectivity index (χ1v) is 9.89. The molecule has 0 unspecified atom stereocenters. The maximum absolute atomic E-state index is 13.0. The number of rotatable bonds is 6. The molecule has 142 valence electrons. The Kier molecular flexibility index (Phi) is 5.31. The maximum Gasteiger partial charge on any atom is 0.319 e. The highest BCUT2D eigenvalue weighted by atomic mass is 35.5. The van der Waals surface area contributed by atoms with E-state index >= 15 is 0 Å². The van der Waals surface area contributed by atoms with Crippen LogP contribution in [-0.2, 0) is 5.75 Å². The molecule has 0 aliphatic carbocycles. The number of para-hydroxylation sites is 1. The van der Waals surface area contributed by atoms with Gasteiger partial charge in [-0.1, -0.05) is 35.5 Å². The third-order valence-corrected chi connectivity index (χ3v) is 5.63. The lowest BCUT2D eigenvalue weighted by molar-refractivity contribution is 0.0678. The quantitative estimate of drug-likeness (QED) is 0.563. The molecular formula is C17H17ClF2N6S. The van der Waals surface area contributed by atoms with E-state index < -0.39 is 6.55 Å². The fraction of sp³-hybridized carbons (Fsp3) is 0.353. The topological polar surface area (TPSA) is 51.8 Å². The van der Waals surface area contributed by atoms with E-state index in [1.54, 1.807) is 0 Å². The van der Waals surface area contributed by atoms with Crippen LogP contribution in [-0.4, -0.2) is 37.4 Å². The Bertz CT molecular complexity index is 922. The van der Waals surface area contributed by atoms with Gasteiger partial charge in [-0.15, -0.1) is 10.2 Å². The van der Waals surface area contributed by atoms with Gasteiger partial charge in [-0.25, -0.2) is 4.98 Å². The fourth-order valence-corrected chi connectivity index (χ4v) is 4.19. The second kappa shape index (κ2) is 7.85. The smallest absolute Gasteiger partial charge is 0.319 e. The van der Waals surface area contributed by atoms with Crippen LogP contribution in [0.4, 0.5) is 14.7 Å². The summed E-state index contributed by atoms with van der Waals surface area (Å²) in [6.07, 6.45) is 4.85. The van der Waals surface area contributed by atoms with Crippen molar-refractivity contribution >= 4 is 29.3 Å². The molecule has 3 aromatic rings. The number of nitrogens with zero attached hydrogens (tertiary/aromatic N) is 6. The monoisotopic (exact) mass is 410 g/mol. The Balaban J connectivity index is 1.68. The van der Waals surface area contributed by atoms with E-state index in [0.717, 1.165) is 42.1 Å². The Morgan fingerprint density at radius 3 is 2.67 bits per heavy atom. The first-order chi connectivity index (χ1) is 13.1. The van der Waals surface area contributed by atoms with Crippen LogP contribution < -0.4 is 4.90 Å². The number of hydrogen-bond acceptors (Lipinski definition) is 5. The van der Waals surface area contributed by atoms with Crippen molar-refractivity contribution < 1.29 is 8.78 Å². The number of benzene rings is 1. The molecule has 4 rings (SSSR count). The summed E-state index contributed by atoms with van der Waals surface area (Å²) in [5.74, 6) is 1.26. The molecule has 0 bridgehead atoms. The fourth-order valence-electron chi connectivity index (χ4n) is 3.08. The van der Waals surface area contributed by atoms with Gasteiger partial charge in [0.05, 0.1) is 16.5 Å². The Morgan fingerprint density at radius 1 is 1.15 bits per heavy atom. The molecule has 3 heterocycles. The van der Waals surface area contributed by atoms with Gasteiger partial charge in [0.2, 0.25) is 5.95 Å². The zero-order chi connectivity index (χ0) is 18.8. The average Bonchev–Trinajstić information content (AvgIpc) is 3.40. The minimum Gasteiger partial charge on any atom is -0.341 e. The predicted octanol–water partition coefficient (Wildman–Crippen LogP) is 4.40. The number of aromatic nitrogens is 5. The molecule has 0 amide bonds. The first-order valence-electron chi connectivity index (χ1n) is 8.53. The average molecular weight is 411 g/mol. The van der Waals surface area contributed by atoms with Gasteiger partial charge >= 0.3 is 6.55 Å². The molecule has 0 atom stereocenters. The van der Waals surface area contributed by atoms with Gasteiger partial charge in [-0.2, -0.15) is 8.78 Å². The van der Waals surface area contributed by atoms with Crippen LogP contribution >= 0.6 is 23.4 Å². The third kappa shape index (κ3) is 3.66. The summed E-state index contributed by atoms with van der Waals surface area (Å²) < 4.78 is 28.8. The molecule has 0 radical (unpaired) electrons. The van der Waals surface area contributed by atoms with Crippen molar-refractivity contribution in [2.75, 3.05) is 18.0 Å². The first kappa shape index (κ1) is 18.2. The zero-order valence-electron chi connectivity index (χ0n) is 14.3. The van der Waals surface area contributed by atoms with Crippen molar-refractivity contribution in [3.05, 3.63) is 47.5 Å². The molecule has 1 aliphatic rings. The van der Waals surface area contributed by atoms with Gasteiger partial charge in [-0.05, 0) is 25.0 Å². The van der Waals surface area contributed by atoms with Crippen LogP contribution in [0, 0.1) is 0 Å². The Labute approximate surface area is 164 Å². The summed E-state index contributed by atoms with van der Waals surface area (Å²) in [4.78, 5) is 6.19. The van der Waals surface area contributed by atoms with Crippen LogP contribution in [0.25, 0.3) is 5.69 Å². The van der Waals surface area contributed by atoms with Gasteiger partial charge in [0.25, 0.3) is 0 Å². The normalized spacial score (nSPS) is 14.4. The minimum atomic E-state index is -2.62. The third-order valence-electron chi connectivity index (χ3n) is 4.39. The summed E-state index contributed by atoms with van der Waals surface area (Å²) in [5, 5.41) is 9.83. The number of alkyl halides is 2. The largest absolute Gasteiger partial charge is 0.341 e. The van der Waals surface area contributed by atoms with Gasteiger partial charge in [0.15, 0.2) is 5.16 Å². The van der Waals surface area contributed by atoms with Gasteiger partial charge < -0.3 is 4.90 Å². The number of imidazole rings is 1. The van der Waals surface area contributed by atoms with Crippen LogP contribution in [0.15, 0.2) is 41.8 Å². The van der Waals surface area contributed by atoms with E-state index in [1.165, 1.54) is 24.2 Å². The molecule has 1 fully saturated rings. The summed E-state index contributed by atoms with van der Waals surface area (Å²) >= 11 is 7.72. The summed E-state index contributed by atoms with van der Waals surface area (Å²) in [5.41, 5.74) is 0.769. The van der Waals surface area contributed by atoms with Crippen LogP contribution in [0.3, 0.4) is 0 Å². The van der Waals surface area contributed by atoms with E-state index in [2.05, 4.69) is 20.1 Å². The second-order valence-electron chi connectivity index (χ2n) is 6.08. The predicted molar refractivity (Wildman–Crippen MR) is 101 cm³/mol. The molecule has 1 aromatic carbocycles. The SMILES string of the molecule is FC(F)n1ccnc1CSc1nnc(N2CCCC2)n1-c1ccccc1Cl. The van der Waals surface area contributed by atoms with Crippen molar-refractivity contribution in [3.63, 3.8) is 0 Å². The van der Waals surface area contributed by atoms with Crippen LogP contribution in [0.5, 0.6) is 0 Å². The van der Waals surface area contributed by atoms with E-state index in [0.29, 0.717) is 10.2 Å². The second-order valence-corrected chi connectivity index (χ2v) is 7.43. The molecule has 0 N–H and O–H groups in total. The van der Waals surface area contributed by atoms with E-state index in [1.807, 2.05) is 28.8 Å². The molecule has 10 heteroatoms. The molecule has 0 spiro atoms. The van der Waals surface area contributed by atoms with E-state index in [4.69, 9.17) is 11.6 Å². The van der Waals surface area contributed by atoms with Gasteiger partial charge in [0.1, 0.15) is 5.82 Å². The standard InChI is InChI=1S/C17H17ClF2N6S/c18-12-5-1-2-6-13(12)26-16(24-8-3-4-9-24)22-23-17(26)27-11-14-21-7-10-25(14)15(19)20/h1-2,5-7,10,15H,3-4,8-9,11H2.